The summed E-state index contributed by atoms with van der Waals surface area (Å²) in [5, 5.41) is 11.6. The largest absolute Gasteiger partial charge is 0.380 e. The molecular weight excluding hydrogens is 254 g/mol. The Morgan fingerprint density at radius 3 is 2.79 bits per heavy atom. The normalized spacial score (nSPS) is 10.8. The summed E-state index contributed by atoms with van der Waals surface area (Å²) in [5.41, 5.74) is 3.45. The second-order valence-electron chi connectivity index (χ2n) is 4.34. The highest BCUT2D eigenvalue weighted by molar-refractivity contribution is 7.98. The smallest absolute Gasteiger partial charge is 0.0671 e. The van der Waals surface area contributed by atoms with Crippen molar-refractivity contribution in [2.75, 3.05) is 11.6 Å². The van der Waals surface area contributed by atoms with Crippen LogP contribution in [0, 0.1) is 0 Å². The van der Waals surface area contributed by atoms with Gasteiger partial charge in [0.1, 0.15) is 0 Å². The number of thioether (sulfide) groups is 1. The van der Waals surface area contributed by atoms with Crippen LogP contribution in [0.3, 0.4) is 0 Å². The fourth-order valence-electron chi connectivity index (χ4n) is 2.06. The van der Waals surface area contributed by atoms with Crippen molar-refractivity contribution >= 4 is 28.4 Å². The monoisotopic (exact) mass is 269 g/mol. The van der Waals surface area contributed by atoms with Crippen LogP contribution in [0.25, 0.3) is 10.9 Å². The summed E-state index contributed by atoms with van der Waals surface area (Å²) in [6.45, 7) is 0.818. The third kappa shape index (κ3) is 2.58. The van der Waals surface area contributed by atoms with Crippen LogP contribution in [0.1, 0.15) is 5.56 Å². The molecule has 0 atom stereocenters. The molecule has 0 radical (unpaired) electrons. The molecule has 0 unspecified atom stereocenters. The summed E-state index contributed by atoms with van der Waals surface area (Å²) < 4.78 is 0. The Balaban J connectivity index is 1.76. The Morgan fingerprint density at radius 1 is 1.16 bits per heavy atom. The van der Waals surface area contributed by atoms with Gasteiger partial charge in [-0.15, -0.1) is 11.8 Å². The molecule has 19 heavy (non-hydrogen) atoms. The lowest BCUT2D eigenvalue weighted by Crippen LogP contribution is -1.99. The molecule has 0 aliphatic heterocycles. The van der Waals surface area contributed by atoms with Crippen molar-refractivity contribution in [2.45, 2.75) is 11.4 Å². The molecule has 0 saturated heterocycles. The molecule has 0 aliphatic rings. The average Bonchev–Trinajstić information content (AvgIpc) is 2.94. The molecule has 2 aromatic carbocycles. The van der Waals surface area contributed by atoms with Gasteiger partial charge >= 0.3 is 0 Å². The van der Waals surface area contributed by atoms with Crippen molar-refractivity contribution in [3.05, 3.63) is 54.2 Å². The van der Waals surface area contributed by atoms with Crippen molar-refractivity contribution in [2.24, 2.45) is 0 Å². The zero-order valence-electron chi connectivity index (χ0n) is 10.7. The summed E-state index contributed by atoms with van der Waals surface area (Å²) in [6, 6.07) is 14.8. The number of nitrogens with zero attached hydrogens (tertiary/aromatic N) is 1. The van der Waals surface area contributed by atoms with Crippen LogP contribution in [-0.2, 0) is 6.54 Å². The maximum atomic E-state index is 4.07. The molecule has 3 aromatic rings. The number of anilines is 1. The number of H-pyrrole nitrogens is 1. The van der Waals surface area contributed by atoms with Crippen molar-refractivity contribution in [1.29, 1.82) is 0 Å². The van der Waals surface area contributed by atoms with E-state index in [1.807, 2.05) is 18.3 Å². The molecule has 96 valence electrons. The van der Waals surface area contributed by atoms with Gasteiger partial charge < -0.3 is 5.32 Å². The lowest BCUT2D eigenvalue weighted by molar-refractivity contribution is 1.12. The Morgan fingerprint density at radius 2 is 2.00 bits per heavy atom. The van der Waals surface area contributed by atoms with Crippen molar-refractivity contribution < 1.29 is 0 Å². The molecule has 3 nitrogen and oxygen atoms in total. The van der Waals surface area contributed by atoms with Gasteiger partial charge in [0.2, 0.25) is 0 Å². The second-order valence-corrected chi connectivity index (χ2v) is 5.22. The minimum absolute atomic E-state index is 0.818. The Bertz CT molecular complexity index is 673. The fraction of sp³-hybridized carbons (Fsp3) is 0.133. The van der Waals surface area contributed by atoms with Crippen LogP contribution in [0.4, 0.5) is 5.69 Å². The summed E-state index contributed by atoms with van der Waals surface area (Å²) in [7, 11) is 0. The molecular formula is C15H15N3S. The van der Waals surface area contributed by atoms with E-state index in [2.05, 4.69) is 52.1 Å². The van der Waals surface area contributed by atoms with Gasteiger partial charge in [0, 0.05) is 22.5 Å². The third-order valence-corrected chi connectivity index (χ3v) is 3.87. The Labute approximate surface area is 116 Å². The first-order valence-corrected chi connectivity index (χ1v) is 7.38. The van der Waals surface area contributed by atoms with E-state index in [0.29, 0.717) is 0 Å². The number of nitrogens with one attached hydrogen (secondary N) is 2. The highest BCUT2D eigenvalue weighted by atomic mass is 32.2. The quantitative estimate of drug-likeness (QED) is 0.706. The number of hydrogen-bond donors (Lipinski definition) is 2. The van der Waals surface area contributed by atoms with E-state index in [4.69, 9.17) is 0 Å². The summed E-state index contributed by atoms with van der Waals surface area (Å²) >= 11 is 1.76. The average molecular weight is 269 g/mol. The van der Waals surface area contributed by atoms with Gasteiger partial charge in [-0.2, -0.15) is 5.10 Å². The summed E-state index contributed by atoms with van der Waals surface area (Å²) in [5.74, 6) is 0. The molecule has 4 heteroatoms. The molecule has 0 bridgehead atoms. The lowest BCUT2D eigenvalue weighted by Gasteiger charge is -2.08. The maximum absolute atomic E-state index is 4.07. The first-order chi connectivity index (χ1) is 9.36. The topological polar surface area (TPSA) is 40.7 Å². The highest BCUT2D eigenvalue weighted by Crippen LogP contribution is 2.22. The summed E-state index contributed by atoms with van der Waals surface area (Å²) in [4.78, 5) is 1.29. The number of rotatable bonds is 4. The first kappa shape index (κ1) is 12.1. The number of hydrogen-bond acceptors (Lipinski definition) is 3. The first-order valence-electron chi connectivity index (χ1n) is 6.16. The van der Waals surface area contributed by atoms with E-state index in [1.165, 1.54) is 10.5 Å². The number of aromatic nitrogens is 2. The zero-order valence-corrected chi connectivity index (χ0v) is 11.5. The number of benzene rings is 2. The highest BCUT2D eigenvalue weighted by Gasteiger charge is 2.02. The van der Waals surface area contributed by atoms with Crippen molar-refractivity contribution in [3.63, 3.8) is 0 Å². The van der Waals surface area contributed by atoms with E-state index in [-0.39, 0.29) is 0 Å². The van der Waals surface area contributed by atoms with Gasteiger partial charge in [-0.25, -0.2) is 0 Å². The lowest BCUT2D eigenvalue weighted by atomic mass is 10.2. The molecule has 0 fully saturated rings. The van der Waals surface area contributed by atoms with Crippen molar-refractivity contribution in [3.8, 4) is 0 Å². The minimum atomic E-state index is 0.818. The predicted molar refractivity (Wildman–Crippen MR) is 81.6 cm³/mol. The van der Waals surface area contributed by atoms with Crippen LogP contribution in [0.5, 0.6) is 0 Å². The van der Waals surface area contributed by atoms with Gasteiger partial charge in [-0.05, 0) is 36.1 Å². The number of aromatic amines is 1. The molecule has 1 heterocycles. The standard InChI is InChI=1S/C15H15N3S/c1-19-12-7-5-11(6-8-12)9-16-14-3-2-4-15-13(14)10-17-18-15/h2-8,10,16H,9H2,1H3,(H,17,18). The molecule has 0 aliphatic carbocycles. The van der Waals surface area contributed by atoms with E-state index in [1.54, 1.807) is 11.8 Å². The van der Waals surface area contributed by atoms with E-state index < -0.39 is 0 Å². The fourth-order valence-corrected chi connectivity index (χ4v) is 2.47. The van der Waals surface area contributed by atoms with Crippen LogP contribution in [0.2, 0.25) is 0 Å². The van der Waals surface area contributed by atoms with Gasteiger partial charge in [-0.1, -0.05) is 18.2 Å². The van der Waals surface area contributed by atoms with Gasteiger partial charge in [0.05, 0.1) is 11.7 Å². The van der Waals surface area contributed by atoms with E-state index in [9.17, 15) is 0 Å². The summed E-state index contributed by atoms with van der Waals surface area (Å²) in [6.07, 6.45) is 3.95. The van der Waals surface area contributed by atoms with Crippen LogP contribution in [0.15, 0.2) is 53.6 Å². The van der Waals surface area contributed by atoms with Gasteiger partial charge in [0.15, 0.2) is 0 Å². The molecule has 3 rings (SSSR count). The van der Waals surface area contributed by atoms with Crippen LogP contribution in [-0.4, -0.2) is 16.5 Å². The van der Waals surface area contributed by atoms with E-state index >= 15 is 0 Å². The van der Waals surface area contributed by atoms with Gasteiger partial charge in [0.25, 0.3) is 0 Å². The molecule has 0 spiro atoms. The third-order valence-electron chi connectivity index (χ3n) is 3.13. The number of fused-ring (bicyclic) bond motifs is 1. The molecule has 0 amide bonds. The Hall–Kier alpha value is -1.94. The molecule has 2 N–H and O–H groups in total. The van der Waals surface area contributed by atoms with Crippen LogP contribution >= 0.6 is 11.8 Å². The minimum Gasteiger partial charge on any atom is -0.380 e. The SMILES string of the molecule is CSc1ccc(CNc2cccc3[nH]ncc23)cc1. The molecule has 1 aromatic heterocycles. The van der Waals surface area contributed by atoms with Crippen LogP contribution < -0.4 is 5.32 Å². The Kier molecular flexibility index (Phi) is 3.42. The zero-order chi connectivity index (χ0) is 13.1. The van der Waals surface area contributed by atoms with Crippen molar-refractivity contribution in [1.82, 2.24) is 10.2 Å². The van der Waals surface area contributed by atoms with E-state index in [0.717, 1.165) is 23.1 Å². The predicted octanol–water partition coefficient (Wildman–Crippen LogP) is 3.90. The molecule has 0 saturated carbocycles. The second kappa shape index (κ2) is 5.36. The van der Waals surface area contributed by atoms with Gasteiger partial charge in [-0.3, -0.25) is 5.10 Å². The maximum Gasteiger partial charge on any atom is 0.0671 e.